The number of halogens is 1. The van der Waals surface area contributed by atoms with E-state index in [0.717, 1.165) is 0 Å². The standard InChI is InChI=1S/C7H7FO3/c8-7(6(10)11)3-1-2-4(9)5(3)7/h3,5H,1-2H2,(H,10,11). The van der Waals surface area contributed by atoms with Crippen LogP contribution < -0.4 is 0 Å². The summed E-state index contributed by atoms with van der Waals surface area (Å²) in [5.41, 5.74) is -2.20. The maximum atomic E-state index is 13.2. The van der Waals surface area contributed by atoms with E-state index in [9.17, 15) is 14.0 Å². The normalized spacial score (nSPS) is 47.2. The van der Waals surface area contributed by atoms with Gasteiger partial charge in [-0.15, -0.1) is 0 Å². The summed E-state index contributed by atoms with van der Waals surface area (Å²) in [7, 11) is 0. The maximum Gasteiger partial charge on any atom is 0.342 e. The number of hydrogen-bond acceptors (Lipinski definition) is 2. The number of ketones is 1. The van der Waals surface area contributed by atoms with Crippen LogP contribution in [-0.2, 0) is 9.59 Å². The van der Waals surface area contributed by atoms with E-state index in [-0.39, 0.29) is 5.78 Å². The van der Waals surface area contributed by atoms with Gasteiger partial charge in [0.2, 0.25) is 5.67 Å². The number of hydrogen-bond donors (Lipinski definition) is 1. The SMILES string of the molecule is O=C1CCC2C1C2(F)C(=O)O. The second-order valence-electron chi connectivity index (χ2n) is 3.16. The van der Waals surface area contributed by atoms with Gasteiger partial charge < -0.3 is 5.11 Å². The summed E-state index contributed by atoms with van der Waals surface area (Å²) in [6.45, 7) is 0. The van der Waals surface area contributed by atoms with Crippen LogP contribution >= 0.6 is 0 Å². The first-order valence-corrected chi connectivity index (χ1v) is 3.53. The van der Waals surface area contributed by atoms with E-state index in [2.05, 4.69) is 0 Å². The Bertz CT molecular complexity index is 248. The fraction of sp³-hybridized carbons (Fsp3) is 0.714. The molecule has 2 rings (SSSR count). The van der Waals surface area contributed by atoms with Crippen molar-refractivity contribution >= 4 is 11.8 Å². The van der Waals surface area contributed by atoms with Gasteiger partial charge in [-0.25, -0.2) is 9.18 Å². The molecule has 2 aliphatic carbocycles. The molecule has 0 heterocycles. The molecule has 4 heteroatoms. The van der Waals surface area contributed by atoms with Crippen LogP contribution in [0.15, 0.2) is 0 Å². The zero-order valence-electron chi connectivity index (χ0n) is 5.71. The molecule has 2 fully saturated rings. The monoisotopic (exact) mass is 158 g/mol. The molecule has 0 aromatic rings. The summed E-state index contributed by atoms with van der Waals surface area (Å²) in [4.78, 5) is 21.1. The molecule has 0 aliphatic heterocycles. The topological polar surface area (TPSA) is 54.4 Å². The van der Waals surface area contributed by atoms with Crippen molar-refractivity contribution in [3.05, 3.63) is 0 Å². The van der Waals surface area contributed by atoms with Gasteiger partial charge in [-0.2, -0.15) is 0 Å². The molecule has 0 amide bonds. The number of fused-ring (bicyclic) bond motifs is 1. The van der Waals surface area contributed by atoms with Crippen LogP contribution in [0.2, 0.25) is 0 Å². The Morgan fingerprint density at radius 2 is 2.36 bits per heavy atom. The van der Waals surface area contributed by atoms with Crippen molar-refractivity contribution in [1.82, 2.24) is 0 Å². The summed E-state index contributed by atoms with van der Waals surface area (Å²) in [5, 5.41) is 8.41. The zero-order valence-corrected chi connectivity index (χ0v) is 5.71. The number of aliphatic carboxylic acids is 1. The van der Waals surface area contributed by atoms with Crippen LogP contribution in [-0.4, -0.2) is 22.5 Å². The van der Waals surface area contributed by atoms with Crippen LogP contribution in [0.3, 0.4) is 0 Å². The van der Waals surface area contributed by atoms with Crippen molar-refractivity contribution < 1.29 is 19.1 Å². The lowest BCUT2D eigenvalue weighted by atomic mass is 10.1. The number of Topliss-reactive ketones (excluding diaryl/α,β-unsaturated/α-hetero) is 1. The molecule has 1 N–H and O–H groups in total. The maximum absolute atomic E-state index is 13.2. The van der Waals surface area contributed by atoms with E-state index < -0.39 is 23.5 Å². The third-order valence-corrected chi connectivity index (χ3v) is 2.66. The summed E-state index contributed by atoms with van der Waals surface area (Å²) in [6, 6.07) is 0. The Balaban J connectivity index is 2.25. The lowest BCUT2D eigenvalue weighted by Gasteiger charge is -2.02. The number of carboxylic acids is 1. The third kappa shape index (κ3) is 0.575. The predicted molar refractivity (Wildman–Crippen MR) is 32.7 cm³/mol. The Morgan fingerprint density at radius 3 is 2.64 bits per heavy atom. The van der Waals surface area contributed by atoms with Gasteiger partial charge in [0.1, 0.15) is 5.78 Å². The second kappa shape index (κ2) is 1.62. The van der Waals surface area contributed by atoms with Crippen molar-refractivity contribution in [3.8, 4) is 0 Å². The fourth-order valence-electron chi connectivity index (χ4n) is 2.01. The van der Waals surface area contributed by atoms with Crippen molar-refractivity contribution in [2.24, 2.45) is 11.8 Å². The van der Waals surface area contributed by atoms with Gasteiger partial charge in [-0.1, -0.05) is 0 Å². The molecule has 60 valence electrons. The van der Waals surface area contributed by atoms with Crippen LogP contribution in [0.4, 0.5) is 4.39 Å². The minimum Gasteiger partial charge on any atom is -0.479 e. The Hall–Kier alpha value is -0.930. The van der Waals surface area contributed by atoms with Crippen LogP contribution in [0.1, 0.15) is 12.8 Å². The molecule has 0 saturated heterocycles. The Labute approximate surface area is 62.2 Å². The molecule has 3 nitrogen and oxygen atoms in total. The molecular formula is C7H7FO3. The van der Waals surface area contributed by atoms with Crippen molar-refractivity contribution in [2.45, 2.75) is 18.5 Å². The molecule has 3 unspecified atom stereocenters. The first-order chi connectivity index (χ1) is 5.08. The lowest BCUT2D eigenvalue weighted by Crippen LogP contribution is -2.25. The van der Waals surface area contributed by atoms with E-state index >= 15 is 0 Å². The average molecular weight is 158 g/mol. The van der Waals surface area contributed by atoms with Gasteiger partial charge in [0.25, 0.3) is 0 Å². The number of carboxylic acid groups (broad SMARTS) is 1. The quantitative estimate of drug-likeness (QED) is 0.600. The van der Waals surface area contributed by atoms with Gasteiger partial charge in [-0.3, -0.25) is 4.79 Å². The van der Waals surface area contributed by atoms with Gasteiger partial charge in [0, 0.05) is 12.3 Å². The molecule has 3 atom stereocenters. The summed E-state index contributed by atoms with van der Waals surface area (Å²) < 4.78 is 13.2. The molecule has 0 aromatic carbocycles. The van der Waals surface area contributed by atoms with E-state index in [1.807, 2.05) is 0 Å². The Kier molecular flexibility index (Phi) is 0.998. The van der Waals surface area contributed by atoms with Gasteiger partial charge in [0.05, 0.1) is 5.92 Å². The van der Waals surface area contributed by atoms with Crippen molar-refractivity contribution in [3.63, 3.8) is 0 Å². The van der Waals surface area contributed by atoms with E-state index in [1.54, 1.807) is 0 Å². The summed E-state index contributed by atoms with van der Waals surface area (Å²) in [6.07, 6.45) is 0.764. The van der Waals surface area contributed by atoms with Crippen LogP contribution in [0.25, 0.3) is 0 Å². The molecule has 0 spiro atoms. The molecule has 0 aromatic heterocycles. The van der Waals surface area contributed by atoms with Gasteiger partial charge >= 0.3 is 5.97 Å². The highest BCUT2D eigenvalue weighted by atomic mass is 19.1. The van der Waals surface area contributed by atoms with E-state index in [0.29, 0.717) is 12.8 Å². The van der Waals surface area contributed by atoms with Gasteiger partial charge in [0.15, 0.2) is 0 Å². The molecule has 2 saturated carbocycles. The number of carbonyl (C=O) groups excluding carboxylic acids is 1. The molecule has 2 aliphatic rings. The average Bonchev–Trinajstić information content (AvgIpc) is 2.30. The highest BCUT2D eigenvalue weighted by molar-refractivity contribution is 5.99. The van der Waals surface area contributed by atoms with Crippen molar-refractivity contribution in [1.29, 1.82) is 0 Å². The highest BCUT2D eigenvalue weighted by Crippen LogP contribution is 2.61. The number of rotatable bonds is 1. The number of carbonyl (C=O) groups is 2. The molecule has 0 radical (unpaired) electrons. The van der Waals surface area contributed by atoms with Gasteiger partial charge in [-0.05, 0) is 6.42 Å². The lowest BCUT2D eigenvalue weighted by molar-refractivity contribution is -0.147. The first-order valence-electron chi connectivity index (χ1n) is 3.53. The minimum absolute atomic E-state index is 0.222. The van der Waals surface area contributed by atoms with Crippen LogP contribution in [0, 0.1) is 11.8 Å². The first kappa shape index (κ1) is 6.76. The third-order valence-electron chi connectivity index (χ3n) is 2.66. The minimum atomic E-state index is -2.20. The zero-order chi connectivity index (χ0) is 8.22. The van der Waals surface area contributed by atoms with Crippen molar-refractivity contribution in [2.75, 3.05) is 0 Å². The van der Waals surface area contributed by atoms with E-state index in [1.165, 1.54) is 0 Å². The summed E-state index contributed by atoms with van der Waals surface area (Å²) >= 11 is 0. The summed E-state index contributed by atoms with van der Waals surface area (Å²) in [5.74, 6) is -3.03. The predicted octanol–water partition coefficient (Wildman–Crippen LogP) is 0.388. The Morgan fingerprint density at radius 1 is 1.73 bits per heavy atom. The molecular weight excluding hydrogens is 151 g/mol. The molecule has 0 bridgehead atoms. The van der Waals surface area contributed by atoms with Crippen LogP contribution in [0.5, 0.6) is 0 Å². The second-order valence-corrected chi connectivity index (χ2v) is 3.16. The smallest absolute Gasteiger partial charge is 0.342 e. The molecule has 11 heavy (non-hydrogen) atoms. The largest absolute Gasteiger partial charge is 0.479 e. The highest BCUT2D eigenvalue weighted by Gasteiger charge is 2.76. The fourth-order valence-corrected chi connectivity index (χ4v) is 2.01. The number of alkyl halides is 1. The van der Waals surface area contributed by atoms with E-state index in [4.69, 9.17) is 5.11 Å².